The predicted octanol–water partition coefficient (Wildman–Crippen LogP) is 2.57. The Labute approximate surface area is 92.6 Å². The van der Waals surface area contributed by atoms with Gasteiger partial charge in [0.05, 0.1) is 23.9 Å². The first-order valence-corrected chi connectivity index (χ1v) is 4.72. The summed E-state index contributed by atoms with van der Waals surface area (Å²) < 4.78 is 18.0. The number of ether oxygens (including phenoxy) is 1. The van der Waals surface area contributed by atoms with E-state index in [9.17, 15) is 9.18 Å². The Morgan fingerprint density at radius 2 is 2.31 bits per heavy atom. The summed E-state index contributed by atoms with van der Waals surface area (Å²) in [5.41, 5.74) is 0.664. The zero-order valence-corrected chi connectivity index (χ0v) is 9.00. The number of hydrogen-bond acceptors (Lipinski definition) is 3. The number of anilines is 1. The lowest BCUT2D eigenvalue weighted by molar-refractivity contribution is 0.168. The highest BCUT2D eigenvalue weighted by Gasteiger charge is 2.10. The third kappa shape index (κ3) is 2.70. The van der Waals surface area contributed by atoms with Gasteiger partial charge in [-0.2, -0.15) is 5.26 Å². The van der Waals surface area contributed by atoms with Crippen molar-refractivity contribution in [1.82, 2.24) is 0 Å². The normalized spacial score (nSPS) is 9.38. The van der Waals surface area contributed by atoms with Gasteiger partial charge < -0.3 is 4.74 Å². The third-order valence-electron chi connectivity index (χ3n) is 1.99. The van der Waals surface area contributed by atoms with Crippen molar-refractivity contribution in [3.63, 3.8) is 0 Å². The van der Waals surface area contributed by atoms with Crippen LogP contribution in [0, 0.1) is 24.1 Å². The van der Waals surface area contributed by atoms with Crippen molar-refractivity contribution < 1.29 is 13.9 Å². The first-order chi connectivity index (χ1) is 7.58. The van der Waals surface area contributed by atoms with Crippen LogP contribution >= 0.6 is 0 Å². The maximum Gasteiger partial charge on any atom is 0.411 e. The van der Waals surface area contributed by atoms with Crippen molar-refractivity contribution in [2.24, 2.45) is 0 Å². The number of carbonyl (C=O) groups excluding carboxylic acids is 1. The summed E-state index contributed by atoms with van der Waals surface area (Å²) in [6, 6.07) is 4.32. The average molecular weight is 222 g/mol. The van der Waals surface area contributed by atoms with Gasteiger partial charge in [0.1, 0.15) is 5.82 Å². The predicted molar refractivity (Wildman–Crippen MR) is 56.5 cm³/mol. The minimum Gasteiger partial charge on any atom is -0.450 e. The molecule has 0 radical (unpaired) electrons. The quantitative estimate of drug-likeness (QED) is 0.836. The Balaban J connectivity index is 3.00. The number of nitrogens with one attached hydrogen (secondary N) is 1. The standard InChI is InChI=1S/C11H11FN2O2/c1-3-16-11(15)14-10-5-8(6-13)4-9(12)7(10)2/h4-5H,3H2,1-2H3,(H,14,15). The van der Waals surface area contributed by atoms with E-state index in [0.717, 1.165) is 6.07 Å². The Morgan fingerprint density at radius 3 is 2.88 bits per heavy atom. The van der Waals surface area contributed by atoms with Crippen LogP contribution in [0.1, 0.15) is 18.1 Å². The highest BCUT2D eigenvalue weighted by atomic mass is 19.1. The molecule has 0 aromatic heterocycles. The van der Waals surface area contributed by atoms with E-state index >= 15 is 0 Å². The molecule has 84 valence electrons. The van der Waals surface area contributed by atoms with Gasteiger partial charge in [0.25, 0.3) is 0 Å². The first-order valence-electron chi connectivity index (χ1n) is 4.72. The van der Waals surface area contributed by atoms with E-state index in [1.807, 2.05) is 6.07 Å². The lowest BCUT2D eigenvalue weighted by Crippen LogP contribution is -2.14. The van der Waals surface area contributed by atoms with Gasteiger partial charge in [-0.05, 0) is 26.0 Å². The maximum atomic E-state index is 13.3. The molecule has 0 aliphatic heterocycles. The second kappa shape index (κ2) is 5.12. The molecule has 5 heteroatoms. The van der Waals surface area contributed by atoms with Gasteiger partial charge in [-0.3, -0.25) is 5.32 Å². The number of nitriles is 1. The van der Waals surface area contributed by atoms with Gasteiger partial charge >= 0.3 is 6.09 Å². The molecule has 1 aromatic carbocycles. The molecular weight excluding hydrogens is 211 g/mol. The number of nitrogens with zero attached hydrogens (tertiary/aromatic N) is 1. The molecule has 0 fully saturated rings. The third-order valence-corrected chi connectivity index (χ3v) is 1.99. The van der Waals surface area contributed by atoms with E-state index in [2.05, 4.69) is 10.1 Å². The molecule has 1 rings (SSSR count). The fraction of sp³-hybridized carbons (Fsp3) is 0.273. The average Bonchev–Trinajstić information content (AvgIpc) is 2.24. The van der Waals surface area contributed by atoms with Crippen molar-refractivity contribution in [3.05, 3.63) is 29.1 Å². The highest BCUT2D eigenvalue weighted by Crippen LogP contribution is 2.20. The minimum atomic E-state index is -0.667. The summed E-state index contributed by atoms with van der Waals surface area (Å²) in [6.07, 6.45) is -0.667. The van der Waals surface area contributed by atoms with Crippen molar-refractivity contribution in [3.8, 4) is 6.07 Å². The van der Waals surface area contributed by atoms with Crippen molar-refractivity contribution >= 4 is 11.8 Å². The fourth-order valence-electron chi connectivity index (χ4n) is 1.15. The smallest absolute Gasteiger partial charge is 0.411 e. The van der Waals surface area contributed by atoms with Crippen LogP contribution in [0.2, 0.25) is 0 Å². The molecule has 0 aliphatic rings. The van der Waals surface area contributed by atoms with E-state index in [-0.39, 0.29) is 23.4 Å². The Hall–Kier alpha value is -2.09. The lowest BCUT2D eigenvalue weighted by atomic mass is 10.1. The zero-order valence-electron chi connectivity index (χ0n) is 9.00. The summed E-state index contributed by atoms with van der Waals surface area (Å²) in [5, 5.41) is 11.0. The van der Waals surface area contributed by atoms with Crippen LogP contribution in [-0.2, 0) is 4.74 Å². The van der Waals surface area contributed by atoms with E-state index in [4.69, 9.17) is 5.26 Å². The molecule has 0 saturated carbocycles. The van der Waals surface area contributed by atoms with Gasteiger partial charge in [-0.15, -0.1) is 0 Å². The Bertz CT molecular complexity index is 452. The first kappa shape index (κ1) is 12.0. The van der Waals surface area contributed by atoms with E-state index in [1.165, 1.54) is 13.0 Å². The fourth-order valence-corrected chi connectivity index (χ4v) is 1.15. The van der Waals surface area contributed by atoms with Gasteiger partial charge in [0.15, 0.2) is 0 Å². The molecule has 0 aliphatic carbocycles. The monoisotopic (exact) mass is 222 g/mol. The summed E-state index contributed by atoms with van der Waals surface area (Å²) in [4.78, 5) is 11.1. The summed E-state index contributed by atoms with van der Waals surface area (Å²) in [5.74, 6) is -0.536. The number of carbonyl (C=O) groups is 1. The maximum absolute atomic E-state index is 13.3. The van der Waals surface area contributed by atoms with Gasteiger partial charge in [0.2, 0.25) is 0 Å². The van der Waals surface area contributed by atoms with Gasteiger partial charge in [-0.1, -0.05) is 0 Å². The second-order valence-electron chi connectivity index (χ2n) is 3.09. The number of rotatable bonds is 2. The number of hydrogen-bond donors (Lipinski definition) is 1. The molecule has 0 saturated heterocycles. The summed E-state index contributed by atoms with van der Waals surface area (Å²) >= 11 is 0. The summed E-state index contributed by atoms with van der Waals surface area (Å²) in [7, 11) is 0. The van der Waals surface area contributed by atoms with E-state index < -0.39 is 11.9 Å². The van der Waals surface area contributed by atoms with Crippen LogP contribution in [0.4, 0.5) is 14.9 Å². The van der Waals surface area contributed by atoms with Gasteiger partial charge in [0, 0.05) is 5.56 Å². The topological polar surface area (TPSA) is 62.1 Å². The lowest BCUT2D eigenvalue weighted by Gasteiger charge is -2.09. The van der Waals surface area contributed by atoms with Crippen LogP contribution in [0.15, 0.2) is 12.1 Å². The second-order valence-corrected chi connectivity index (χ2v) is 3.09. The molecule has 16 heavy (non-hydrogen) atoms. The highest BCUT2D eigenvalue weighted by molar-refractivity contribution is 5.86. The van der Waals surface area contributed by atoms with E-state index in [0.29, 0.717) is 0 Å². The van der Waals surface area contributed by atoms with Crippen LogP contribution in [-0.4, -0.2) is 12.7 Å². The van der Waals surface area contributed by atoms with Crippen molar-refractivity contribution in [2.75, 3.05) is 11.9 Å². The minimum absolute atomic E-state index is 0.148. The van der Waals surface area contributed by atoms with Gasteiger partial charge in [-0.25, -0.2) is 9.18 Å². The molecule has 0 atom stereocenters. The van der Waals surface area contributed by atoms with Crippen LogP contribution in [0.3, 0.4) is 0 Å². The molecule has 1 aromatic rings. The van der Waals surface area contributed by atoms with Crippen LogP contribution < -0.4 is 5.32 Å². The number of amides is 1. The largest absolute Gasteiger partial charge is 0.450 e. The SMILES string of the molecule is CCOC(=O)Nc1cc(C#N)cc(F)c1C. The number of benzene rings is 1. The number of halogens is 1. The Kier molecular flexibility index (Phi) is 3.84. The molecule has 0 unspecified atom stereocenters. The molecule has 0 heterocycles. The molecule has 1 N–H and O–H groups in total. The summed E-state index contributed by atoms with van der Waals surface area (Å²) in [6.45, 7) is 3.40. The molecular formula is C11H11FN2O2. The molecule has 0 spiro atoms. The zero-order chi connectivity index (χ0) is 12.1. The van der Waals surface area contributed by atoms with Crippen LogP contribution in [0.25, 0.3) is 0 Å². The Morgan fingerprint density at radius 1 is 1.62 bits per heavy atom. The van der Waals surface area contributed by atoms with Crippen molar-refractivity contribution in [1.29, 1.82) is 5.26 Å². The molecule has 1 amide bonds. The molecule has 4 nitrogen and oxygen atoms in total. The van der Waals surface area contributed by atoms with Crippen molar-refractivity contribution in [2.45, 2.75) is 13.8 Å². The van der Waals surface area contributed by atoms with Crippen LogP contribution in [0.5, 0.6) is 0 Å². The van der Waals surface area contributed by atoms with E-state index in [1.54, 1.807) is 6.92 Å². The molecule has 0 bridgehead atoms.